The summed E-state index contributed by atoms with van der Waals surface area (Å²) in [4.78, 5) is 20.8. The lowest BCUT2D eigenvalue weighted by Crippen LogP contribution is -1.98. The molecule has 0 N–H and O–H groups in total. The molecule has 0 spiro atoms. The van der Waals surface area contributed by atoms with E-state index in [-0.39, 0.29) is 23.0 Å². The van der Waals surface area contributed by atoms with E-state index in [4.69, 9.17) is 5.26 Å². The van der Waals surface area contributed by atoms with Crippen molar-refractivity contribution in [1.82, 2.24) is 0 Å². The number of halogens is 1. The number of aldehydes is 2. The Hall–Kier alpha value is -2.02. The van der Waals surface area contributed by atoms with Crippen molar-refractivity contribution >= 4 is 12.6 Å². The standard InChI is InChI=1S/C9H4FNO2/c10-9-2-1-6(3-11)7(4-12)8(9)5-13/h1-2,4-5H. The Morgan fingerprint density at radius 2 is 1.85 bits per heavy atom. The fraction of sp³-hybridized carbons (Fsp3) is 0. The highest BCUT2D eigenvalue weighted by Crippen LogP contribution is 2.14. The molecule has 4 heteroatoms. The predicted molar refractivity (Wildman–Crippen MR) is 41.9 cm³/mol. The molecular formula is C9H4FNO2. The fourth-order valence-electron chi connectivity index (χ4n) is 0.954. The molecule has 0 aliphatic heterocycles. The molecular weight excluding hydrogens is 173 g/mol. The van der Waals surface area contributed by atoms with Crippen LogP contribution in [0.2, 0.25) is 0 Å². The second kappa shape index (κ2) is 3.59. The molecule has 0 heterocycles. The Bertz CT molecular complexity index is 407. The van der Waals surface area contributed by atoms with Crippen molar-refractivity contribution in [2.75, 3.05) is 0 Å². The molecule has 1 aromatic carbocycles. The van der Waals surface area contributed by atoms with Gasteiger partial charge >= 0.3 is 0 Å². The van der Waals surface area contributed by atoms with Crippen LogP contribution in [0, 0.1) is 17.1 Å². The number of benzene rings is 1. The highest BCUT2D eigenvalue weighted by Gasteiger charge is 2.11. The van der Waals surface area contributed by atoms with Crippen LogP contribution in [0.3, 0.4) is 0 Å². The minimum Gasteiger partial charge on any atom is -0.298 e. The van der Waals surface area contributed by atoms with Gasteiger partial charge in [0.25, 0.3) is 0 Å². The van der Waals surface area contributed by atoms with Crippen molar-refractivity contribution in [3.05, 3.63) is 34.6 Å². The minimum atomic E-state index is -0.795. The number of hydrogen-bond donors (Lipinski definition) is 0. The number of nitrogens with zero attached hydrogens (tertiary/aromatic N) is 1. The van der Waals surface area contributed by atoms with Crippen LogP contribution in [0.5, 0.6) is 0 Å². The van der Waals surface area contributed by atoms with Gasteiger partial charge in [-0.15, -0.1) is 0 Å². The van der Waals surface area contributed by atoms with E-state index in [2.05, 4.69) is 0 Å². The van der Waals surface area contributed by atoms with Crippen LogP contribution in [0.15, 0.2) is 12.1 Å². The molecule has 1 aromatic rings. The second-order valence-corrected chi connectivity index (χ2v) is 2.27. The topological polar surface area (TPSA) is 57.9 Å². The Labute approximate surface area is 73.4 Å². The average molecular weight is 177 g/mol. The van der Waals surface area contributed by atoms with E-state index < -0.39 is 5.82 Å². The zero-order chi connectivity index (χ0) is 9.84. The minimum absolute atomic E-state index is 0.00139. The van der Waals surface area contributed by atoms with Gasteiger partial charge in [0.1, 0.15) is 5.82 Å². The van der Waals surface area contributed by atoms with Gasteiger partial charge in [-0.25, -0.2) is 4.39 Å². The van der Waals surface area contributed by atoms with Gasteiger partial charge in [0.15, 0.2) is 12.6 Å². The zero-order valence-electron chi connectivity index (χ0n) is 6.45. The van der Waals surface area contributed by atoms with Gasteiger partial charge in [-0.3, -0.25) is 9.59 Å². The van der Waals surface area contributed by atoms with Crippen LogP contribution in [0.1, 0.15) is 26.3 Å². The summed E-state index contributed by atoms with van der Waals surface area (Å²) in [5, 5.41) is 8.51. The van der Waals surface area contributed by atoms with E-state index in [1.165, 1.54) is 0 Å². The van der Waals surface area contributed by atoms with Crippen molar-refractivity contribution in [3.8, 4) is 6.07 Å². The van der Waals surface area contributed by atoms with Gasteiger partial charge in [-0.2, -0.15) is 5.26 Å². The zero-order valence-corrected chi connectivity index (χ0v) is 6.45. The summed E-state index contributed by atoms with van der Waals surface area (Å²) in [6.45, 7) is 0. The highest BCUT2D eigenvalue weighted by molar-refractivity contribution is 5.92. The molecule has 0 aromatic heterocycles. The third kappa shape index (κ3) is 1.44. The van der Waals surface area contributed by atoms with E-state index in [9.17, 15) is 14.0 Å². The quantitative estimate of drug-likeness (QED) is 0.640. The third-order valence-corrected chi connectivity index (χ3v) is 1.59. The van der Waals surface area contributed by atoms with E-state index in [1.807, 2.05) is 0 Å². The largest absolute Gasteiger partial charge is 0.298 e. The first kappa shape index (κ1) is 9.07. The van der Waals surface area contributed by atoms with E-state index >= 15 is 0 Å². The van der Waals surface area contributed by atoms with Gasteiger partial charge < -0.3 is 0 Å². The summed E-state index contributed by atoms with van der Waals surface area (Å²) >= 11 is 0. The van der Waals surface area contributed by atoms with Crippen molar-refractivity contribution in [3.63, 3.8) is 0 Å². The average Bonchev–Trinajstić information content (AvgIpc) is 2.17. The van der Waals surface area contributed by atoms with Crippen molar-refractivity contribution in [2.45, 2.75) is 0 Å². The van der Waals surface area contributed by atoms with Crippen LogP contribution < -0.4 is 0 Å². The SMILES string of the molecule is N#Cc1ccc(F)c(C=O)c1C=O. The predicted octanol–water partition coefficient (Wildman–Crippen LogP) is 1.32. The molecule has 3 nitrogen and oxygen atoms in total. The van der Waals surface area contributed by atoms with Crippen molar-refractivity contribution in [2.24, 2.45) is 0 Å². The molecule has 0 bridgehead atoms. The molecule has 13 heavy (non-hydrogen) atoms. The van der Waals surface area contributed by atoms with Crippen molar-refractivity contribution < 1.29 is 14.0 Å². The number of rotatable bonds is 2. The first-order valence-corrected chi connectivity index (χ1v) is 3.37. The lowest BCUT2D eigenvalue weighted by molar-refractivity contribution is 0.109. The molecule has 0 saturated carbocycles. The summed E-state index contributed by atoms with van der Waals surface area (Å²) in [5.41, 5.74) is -0.565. The normalized spacial score (nSPS) is 8.92. The summed E-state index contributed by atoms with van der Waals surface area (Å²) in [5.74, 6) is -0.795. The third-order valence-electron chi connectivity index (χ3n) is 1.59. The second-order valence-electron chi connectivity index (χ2n) is 2.27. The van der Waals surface area contributed by atoms with Crippen LogP contribution in [0.25, 0.3) is 0 Å². The molecule has 0 aliphatic rings. The maximum absolute atomic E-state index is 12.9. The molecule has 0 amide bonds. The van der Waals surface area contributed by atoms with Gasteiger partial charge in [-0.1, -0.05) is 0 Å². The number of hydrogen-bond acceptors (Lipinski definition) is 3. The first-order valence-electron chi connectivity index (χ1n) is 3.37. The molecule has 0 atom stereocenters. The summed E-state index contributed by atoms with van der Waals surface area (Å²) < 4.78 is 12.9. The summed E-state index contributed by atoms with van der Waals surface area (Å²) in [6, 6.07) is 3.83. The number of carbonyl (C=O) groups excluding carboxylic acids is 2. The maximum atomic E-state index is 12.9. The molecule has 0 fully saturated rings. The lowest BCUT2D eigenvalue weighted by atomic mass is 10.0. The number of carbonyl (C=O) groups is 2. The van der Waals surface area contributed by atoms with Crippen LogP contribution in [-0.4, -0.2) is 12.6 Å². The Balaban J connectivity index is 3.56. The Kier molecular flexibility index (Phi) is 2.50. The Morgan fingerprint density at radius 3 is 2.31 bits per heavy atom. The fourth-order valence-corrected chi connectivity index (χ4v) is 0.954. The van der Waals surface area contributed by atoms with Crippen LogP contribution in [0.4, 0.5) is 4.39 Å². The van der Waals surface area contributed by atoms with Gasteiger partial charge in [0.2, 0.25) is 0 Å². The molecule has 0 saturated heterocycles. The van der Waals surface area contributed by atoms with Crippen LogP contribution >= 0.6 is 0 Å². The van der Waals surface area contributed by atoms with Gasteiger partial charge in [0, 0.05) is 5.56 Å². The summed E-state index contributed by atoms with van der Waals surface area (Å²) in [7, 11) is 0. The molecule has 1 rings (SSSR count). The Morgan fingerprint density at radius 1 is 1.23 bits per heavy atom. The molecule has 64 valence electrons. The molecule has 0 unspecified atom stereocenters. The maximum Gasteiger partial charge on any atom is 0.153 e. The molecule has 0 radical (unpaired) electrons. The monoisotopic (exact) mass is 177 g/mol. The summed E-state index contributed by atoms with van der Waals surface area (Å²) in [6.07, 6.45) is 0.519. The first-order chi connectivity index (χ1) is 6.24. The van der Waals surface area contributed by atoms with E-state index in [0.717, 1.165) is 12.1 Å². The van der Waals surface area contributed by atoms with E-state index in [0.29, 0.717) is 6.29 Å². The highest BCUT2D eigenvalue weighted by atomic mass is 19.1. The lowest BCUT2D eigenvalue weighted by Gasteiger charge is -1.99. The van der Waals surface area contributed by atoms with E-state index in [1.54, 1.807) is 6.07 Å². The molecule has 0 aliphatic carbocycles. The smallest absolute Gasteiger partial charge is 0.153 e. The van der Waals surface area contributed by atoms with Crippen molar-refractivity contribution in [1.29, 1.82) is 5.26 Å². The van der Waals surface area contributed by atoms with Gasteiger partial charge in [-0.05, 0) is 12.1 Å². The van der Waals surface area contributed by atoms with Gasteiger partial charge in [0.05, 0.1) is 17.2 Å². The van der Waals surface area contributed by atoms with Crippen LogP contribution in [-0.2, 0) is 0 Å². The number of nitriles is 1.